The highest BCUT2D eigenvalue weighted by molar-refractivity contribution is 4.85. The van der Waals surface area contributed by atoms with Gasteiger partial charge in [0.25, 0.3) is 0 Å². The number of rotatable bonds is 5. The van der Waals surface area contributed by atoms with Gasteiger partial charge in [-0.1, -0.05) is 20.3 Å². The first-order chi connectivity index (χ1) is 8.77. The quantitative estimate of drug-likeness (QED) is 0.814. The van der Waals surface area contributed by atoms with Gasteiger partial charge >= 0.3 is 0 Å². The molecular weight excluding hydrogens is 224 g/mol. The summed E-state index contributed by atoms with van der Waals surface area (Å²) >= 11 is 0. The molecule has 2 heterocycles. The molecule has 18 heavy (non-hydrogen) atoms. The van der Waals surface area contributed by atoms with Crippen molar-refractivity contribution in [1.29, 1.82) is 0 Å². The van der Waals surface area contributed by atoms with Crippen LogP contribution in [0.15, 0.2) is 0 Å². The molecule has 2 saturated heterocycles. The van der Waals surface area contributed by atoms with Crippen molar-refractivity contribution in [3.05, 3.63) is 0 Å². The van der Waals surface area contributed by atoms with Crippen LogP contribution >= 0.6 is 0 Å². The molecule has 0 saturated carbocycles. The third kappa shape index (κ3) is 4.22. The Balaban J connectivity index is 1.80. The zero-order valence-electron chi connectivity index (χ0n) is 12.2. The Kier molecular flexibility index (Phi) is 5.93. The van der Waals surface area contributed by atoms with Gasteiger partial charge in [0.2, 0.25) is 0 Å². The fourth-order valence-corrected chi connectivity index (χ4v) is 3.25. The van der Waals surface area contributed by atoms with E-state index >= 15 is 0 Å². The number of likely N-dealkylation sites (tertiary alicyclic amines) is 1. The maximum Gasteiger partial charge on any atom is 0.0621 e. The molecule has 0 amide bonds. The molecule has 0 radical (unpaired) electrons. The molecule has 1 N–H and O–H groups in total. The van der Waals surface area contributed by atoms with Crippen molar-refractivity contribution in [2.24, 2.45) is 5.92 Å². The van der Waals surface area contributed by atoms with Gasteiger partial charge in [-0.25, -0.2) is 0 Å². The number of ether oxygens (including phenoxy) is 1. The minimum Gasteiger partial charge on any atom is -0.380 e. The smallest absolute Gasteiger partial charge is 0.0621 e. The number of piperidine rings is 1. The lowest BCUT2D eigenvalue weighted by atomic mass is 9.97. The molecule has 0 aromatic heterocycles. The first-order valence-corrected chi connectivity index (χ1v) is 7.81. The Labute approximate surface area is 112 Å². The van der Waals surface area contributed by atoms with E-state index in [1.165, 1.54) is 38.6 Å². The van der Waals surface area contributed by atoms with Crippen LogP contribution < -0.4 is 5.32 Å². The van der Waals surface area contributed by atoms with Gasteiger partial charge in [0.15, 0.2) is 0 Å². The second-order valence-corrected chi connectivity index (χ2v) is 6.31. The van der Waals surface area contributed by atoms with Crippen molar-refractivity contribution in [1.82, 2.24) is 10.2 Å². The summed E-state index contributed by atoms with van der Waals surface area (Å²) in [6.45, 7) is 10.1. The molecule has 0 aromatic rings. The van der Waals surface area contributed by atoms with E-state index in [-0.39, 0.29) is 0 Å². The summed E-state index contributed by atoms with van der Waals surface area (Å²) < 4.78 is 5.66. The maximum absolute atomic E-state index is 5.66. The van der Waals surface area contributed by atoms with Crippen LogP contribution in [0.3, 0.4) is 0 Å². The van der Waals surface area contributed by atoms with E-state index in [9.17, 15) is 0 Å². The summed E-state index contributed by atoms with van der Waals surface area (Å²) in [6, 6.07) is 1.43. The largest absolute Gasteiger partial charge is 0.380 e. The van der Waals surface area contributed by atoms with Crippen molar-refractivity contribution >= 4 is 0 Å². The van der Waals surface area contributed by atoms with Gasteiger partial charge in [-0.3, -0.25) is 4.90 Å². The Hall–Kier alpha value is -0.120. The predicted octanol–water partition coefficient (Wildman–Crippen LogP) is 2.27. The lowest BCUT2D eigenvalue weighted by Crippen LogP contribution is -2.53. The van der Waals surface area contributed by atoms with Crippen molar-refractivity contribution in [3.8, 4) is 0 Å². The van der Waals surface area contributed by atoms with E-state index in [2.05, 4.69) is 24.1 Å². The molecule has 0 aliphatic carbocycles. The zero-order chi connectivity index (χ0) is 12.8. The molecule has 2 unspecified atom stereocenters. The van der Waals surface area contributed by atoms with E-state index in [0.29, 0.717) is 6.04 Å². The molecular formula is C15H30N2O. The first-order valence-electron chi connectivity index (χ1n) is 7.81. The maximum atomic E-state index is 5.66. The van der Waals surface area contributed by atoms with Crippen LogP contribution in [-0.4, -0.2) is 49.8 Å². The van der Waals surface area contributed by atoms with Crippen LogP contribution in [0, 0.1) is 5.92 Å². The second-order valence-electron chi connectivity index (χ2n) is 6.31. The number of nitrogens with one attached hydrogen (secondary N) is 1. The van der Waals surface area contributed by atoms with Crippen LogP contribution in [0.5, 0.6) is 0 Å². The van der Waals surface area contributed by atoms with E-state index < -0.39 is 0 Å². The van der Waals surface area contributed by atoms with Gasteiger partial charge in [-0.05, 0) is 44.7 Å². The Morgan fingerprint density at radius 2 is 2.11 bits per heavy atom. The van der Waals surface area contributed by atoms with Crippen molar-refractivity contribution in [3.63, 3.8) is 0 Å². The van der Waals surface area contributed by atoms with Crippen LogP contribution in [-0.2, 0) is 4.74 Å². The zero-order valence-corrected chi connectivity index (χ0v) is 12.2. The molecule has 2 fully saturated rings. The standard InChI is InChI=1S/C15H30N2O/c1-13(2)10-16-11-14-6-3-4-8-17(14)15-7-5-9-18-12-15/h13-16H,3-12H2,1-2H3. The minimum atomic E-state index is 0.685. The van der Waals surface area contributed by atoms with E-state index in [4.69, 9.17) is 4.74 Å². The Morgan fingerprint density at radius 3 is 2.83 bits per heavy atom. The van der Waals surface area contributed by atoms with Crippen LogP contribution in [0.4, 0.5) is 0 Å². The summed E-state index contributed by atoms with van der Waals surface area (Å²) in [5.41, 5.74) is 0. The SMILES string of the molecule is CC(C)CNCC1CCCCN1C1CCCOC1. The summed E-state index contributed by atoms with van der Waals surface area (Å²) in [7, 11) is 0. The van der Waals surface area contributed by atoms with Crippen molar-refractivity contribution in [2.75, 3.05) is 32.8 Å². The molecule has 0 bridgehead atoms. The highest BCUT2D eigenvalue weighted by atomic mass is 16.5. The number of hydrogen-bond acceptors (Lipinski definition) is 3. The van der Waals surface area contributed by atoms with Gasteiger partial charge in [-0.15, -0.1) is 0 Å². The highest BCUT2D eigenvalue weighted by Gasteiger charge is 2.29. The molecule has 0 spiro atoms. The fraction of sp³-hybridized carbons (Fsp3) is 1.00. The van der Waals surface area contributed by atoms with E-state index in [1.807, 2.05) is 0 Å². The monoisotopic (exact) mass is 254 g/mol. The van der Waals surface area contributed by atoms with Crippen LogP contribution in [0.2, 0.25) is 0 Å². The summed E-state index contributed by atoms with van der Waals surface area (Å²) in [6.07, 6.45) is 6.71. The van der Waals surface area contributed by atoms with E-state index in [1.54, 1.807) is 0 Å². The molecule has 3 nitrogen and oxygen atoms in total. The Bertz CT molecular complexity index is 227. The molecule has 3 heteroatoms. The lowest BCUT2D eigenvalue weighted by Gasteiger charge is -2.42. The topological polar surface area (TPSA) is 24.5 Å². The normalized spacial score (nSPS) is 30.8. The lowest BCUT2D eigenvalue weighted by molar-refractivity contribution is -0.0112. The molecule has 0 aromatic carbocycles. The second kappa shape index (κ2) is 7.46. The van der Waals surface area contributed by atoms with Gasteiger partial charge < -0.3 is 10.1 Å². The molecule has 2 aliphatic heterocycles. The fourth-order valence-electron chi connectivity index (χ4n) is 3.25. The summed E-state index contributed by atoms with van der Waals surface area (Å²) in [5, 5.41) is 3.64. The highest BCUT2D eigenvalue weighted by Crippen LogP contribution is 2.23. The van der Waals surface area contributed by atoms with Crippen LogP contribution in [0.1, 0.15) is 46.0 Å². The van der Waals surface area contributed by atoms with Gasteiger partial charge in [0, 0.05) is 25.2 Å². The van der Waals surface area contributed by atoms with Crippen molar-refractivity contribution in [2.45, 2.75) is 58.0 Å². The summed E-state index contributed by atoms with van der Waals surface area (Å²) in [5.74, 6) is 0.750. The van der Waals surface area contributed by atoms with Crippen LogP contribution in [0.25, 0.3) is 0 Å². The minimum absolute atomic E-state index is 0.685. The molecule has 2 aliphatic rings. The van der Waals surface area contributed by atoms with E-state index in [0.717, 1.165) is 38.3 Å². The number of nitrogens with zero attached hydrogens (tertiary/aromatic N) is 1. The summed E-state index contributed by atoms with van der Waals surface area (Å²) in [4.78, 5) is 2.73. The van der Waals surface area contributed by atoms with Gasteiger partial charge in [0.1, 0.15) is 0 Å². The van der Waals surface area contributed by atoms with Gasteiger partial charge in [0.05, 0.1) is 6.61 Å². The molecule has 2 rings (SSSR count). The average Bonchev–Trinajstić information content (AvgIpc) is 2.40. The van der Waals surface area contributed by atoms with Crippen molar-refractivity contribution < 1.29 is 4.74 Å². The predicted molar refractivity (Wildman–Crippen MR) is 75.9 cm³/mol. The number of hydrogen-bond donors (Lipinski definition) is 1. The first kappa shape index (κ1) is 14.3. The average molecular weight is 254 g/mol. The van der Waals surface area contributed by atoms with Gasteiger partial charge in [-0.2, -0.15) is 0 Å². The third-order valence-electron chi connectivity index (χ3n) is 4.21. The molecule has 2 atom stereocenters. The third-order valence-corrected chi connectivity index (χ3v) is 4.21. The molecule has 106 valence electrons. The Morgan fingerprint density at radius 1 is 1.22 bits per heavy atom.